The maximum atomic E-state index is 12.2. The van der Waals surface area contributed by atoms with Gasteiger partial charge in [-0.1, -0.05) is 6.92 Å². The molecule has 1 rings (SSSR count). The van der Waals surface area contributed by atoms with E-state index in [1.807, 2.05) is 0 Å². The van der Waals surface area contributed by atoms with E-state index in [2.05, 4.69) is 5.32 Å². The van der Waals surface area contributed by atoms with Crippen LogP contribution in [0.1, 0.15) is 24.5 Å². The number of amides is 1. The zero-order valence-electron chi connectivity index (χ0n) is 11.4. The molecule has 0 fully saturated rings. The maximum Gasteiger partial charge on any atom is 0.397 e. The lowest BCUT2D eigenvalue weighted by Crippen LogP contribution is -2.22. The minimum Gasteiger partial charge on any atom is -0.325 e. The first kappa shape index (κ1) is 17.4. The summed E-state index contributed by atoms with van der Waals surface area (Å²) in [5.41, 5.74) is 0.905. The molecule has 5 nitrogen and oxygen atoms in total. The van der Waals surface area contributed by atoms with Gasteiger partial charge in [0.15, 0.2) is 0 Å². The Kier molecular flexibility index (Phi) is 5.00. The van der Waals surface area contributed by atoms with Crippen molar-refractivity contribution in [3.63, 3.8) is 0 Å². The standard InChI is InChI=1S/C12H15F3N2O3S/c1-3-8-5-9(21(16,19)20)4-7(2)11(8)17-10(18)6-12(13,14)15/h4-5H,3,6H2,1-2H3,(H,17,18)(H2,16,19,20). The molecule has 3 N–H and O–H groups in total. The van der Waals surface area contributed by atoms with Crippen LogP contribution in [0.5, 0.6) is 0 Å². The van der Waals surface area contributed by atoms with Crippen molar-refractivity contribution in [3.05, 3.63) is 23.3 Å². The highest BCUT2D eigenvalue weighted by Gasteiger charge is 2.31. The smallest absolute Gasteiger partial charge is 0.325 e. The van der Waals surface area contributed by atoms with Crippen LogP contribution < -0.4 is 10.5 Å². The van der Waals surface area contributed by atoms with Gasteiger partial charge in [-0.2, -0.15) is 13.2 Å². The van der Waals surface area contributed by atoms with E-state index in [-0.39, 0.29) is 10.6 Å². The number of alkyl halides is 3. The molecule has 0 unspecified atom stereocenters. The molecule has 118 valence electrons. The first-order valence-corrected chi connectivity index (χ1v) is 7.51. The number of nitrogens with one attached hydrogen (secondary N) is 1. The van der Waals surface area contributed by atoms with Gasteiger partial charge in [-0.15, -0.1) is 0 Å². The van der Waals surface area contributed by atoms with Crippen LogP contribution >= 0.6 is 0 Å². The van der Waals surface area contributed by atoms with Crippen molar-refractivity contribution in [1.82, 2.24) is 0 Å². The van der Waals surface area contributed by atoms with Crippen LogP contribution in [0.3, 0.4) is 0 Å². The summed E-state index contributed by atoms with van der Waals surface area (Å²) in [4.78, 5) is 11.2. The van der Waals surface area contributed by atoms with Crippen molar-refractivity contribution < 1.29 is 26.4 Å². The summed E-state index contributed by atoms with van der Waals surface area (Å²) < 4.78 is 59.1. The maximum absolute atomic E-state index is 12.2. The molecule has 9 heteroatoms. The molecule has 1 aromatic rings. The van der Waals surface area contributed by atoms with Gasteiger partial charge in [0, 0.05) is 5.69 Å². The lowest BCUT2D eigenvalue weighted by molar-refractivity contribution is -0.150. The van der Waals surface area contributed by atoms with Gasteiger partial charge >= 0.3 is 6.18 Å². The Bertz CT molecular complexity index is 654. The summed E-state index contributed by atoms with van der Waals surface area (Å²) in [5, 5.41) is 7.19. The number of sulfonamides is 1. The first-order chi connectivity index (χ1) is 9.44. The first-order valence-electron chi connectivity index (χ1n) is 5.97. The molecule has 0 bridgehead atoms. The molecular weight excluding hydrogens is 309 g/mol. The van der Waals surface area contributed by atoms with E-state index in [4.69, 9.17) is 5.14 Å². The molecule has 0 aliphatic carbocycles. The highest BCUT2D eigenvalue weighted by molar-refractivity contribution is 7.89. The summed E-state index contributed by atoms with van der Waals surface area (Å²) in [6.45, 7) is 3.16. The molecule has 0 spiro atoms. The number of carbonyl (C=O) groups is 1. The Morgan fingerprint density at radius 2 is 1.90 bits per heavy atom. The Hall–Kier alpha value is -1.61. The Balaban J connectivity index is 3.17. The lowest BCUT2D eigenvalue weighted by Gasteiger charge is -2.15. The van der Waals surface area contributed by atoms with Crippen molar-refractivity contribution in [1.29, 1.82) is 0 Å². The number of carbonyl (C=O) groups excluding carboxylic acids is 1. The molecule has 0 saturated carbocycles. The lowest BCUT2D eigenvalue weighted by atomic mass is 10.1. The minimum absolute atomic E-state index is 0.148. The topological polar surface area (TPSA) is 89.3 Å². The zero-order valence-corrected chi connectivity index (χ0v) is 12.2. The van der Waals surface area contributed by atoms with Crippen LogP contribution in [-0.4, -0.2) is 20.5 Å². The quantitative estimate of drug-likeness (QED) is 0.889. The third-order valence-corrected chi connectivity index (χ3v) is 3.62. The van der Waals surface area contributed by atoms with Gasteiger partial charge in [-0.25, -0.2) is 13.6 Å². The number of aryl methyl sites for hydroxylation is 2. The van der Waals surface area contributed by atoms with E-state index in [9.17, 15) is 26.4 Å². The van der Waals surface area contributed by atoms with E-state index in [1.54, 1.807) is 6.92 Å². The third kappa shape index (κ3) is 5.01. The molecular formula is C12H15F3N2O3S. The van der Waals surface area contributed by atoms with Crippen molar-refractivity contribution in [3.8, 4) is 0 Å². The van der Waals surface area contributed by atoms with Gasteiger partial charge in [0.25, 0.3) is 0 Å². The molecule has 0 saturated heterocycles. The van der Waals surface area contributed by atoms with Crippen molar-refractivity contribution in [2.75, 3.05) is 5.32 Å². The fraction of sp³-hybridized carbons (Fsp3) is 0.417. The minimum atomic E-state index is -4.61. The summed E-state index contributed by atoms with van der Waals surface area (Å²) in [7, 11) is -3.92. The van der Waals surface area contributed by atoms with Crippen LogP contribution in [0.2, 0.25) is 0 Å². The van der Waals surface area contributed by atoms with Crippen LogP contribution in [-0.2, 0) is 21.2 Å². The van der Waals surface area contributed by atoms with Gasteiger partial charge in [-0.05, 0) is 36.6 Å². The normalized spacial score (nSPS) is 12.3. The molecule has 1 amide bonds. The number of primary sulfonamides is 1. The predicted octanol–water partition coefficient (Wildman–Crippen LogP) is 2.10. The summed E-state index contributed by atoms with van der Waals surface area (Å²) >= 11 is 0. The highest BCUT2D eigenvalue weighted by Crippen LogP contribution is 2.27. The molecule has 0 atom stereocenters. The van der Waals surface area contributed by atoms with Crippen molar-refractivity contribution in [2.45, 2.75) is 37.8 Å². The number of benzene rings is 1. The number of hydrogen-bond acceptors (Lipinski definition) is 3. The second-order valence-corrected chi connectivity index (χ2v) is 6.07. The van der Waals surface area contributed by atoms with E-state index < -0.39 is 28.5 Å². The van der Waals surface area contributed by atoms with Gasteiger partial charge in [-0.3, -0.25) is 4.79 Å². The van der Waals surface area contributed by atoms with Gasteiger partial charge in [0.1, 0.15) is 6.42 Å². The molecule has 0 heterocycles. The molecule has 0 radical (unpaired) electrons. The Morgan fingerprint density at radius 1 is 1.33 bits per heavy atom. The Labute approximate surface area is 120 Å². The zero-order chi connectivity index (χ0) is 16.4. The molecule has 0 aliphatic heterocycles. The largest absolute Gasteiger partial charge is 0.397 e. The van der Waals surface area contributed by atoms with Gasteiger partial charge in [0.2, 0.25) is 15.9 Å². The van der Waals surface area contributed by atoms with E-state index in [1.165, 1.54) is 19.1 Å². The number of nitrogens with two attached hydrogens (primary N) is 1. The number of halogens is 3. The highest BCUT2D eigenvalue weighted by atomic mass is 32.2. The second kappa shape index (κ2) is 6.02. The van der Waals surface area contributed by atoms with Crippen LogP contribution in [0.25, 0.3) is 0 Å². The molecule has 1 aromatic carbocycles. The second-order valence-electron chi connectivity index (χ2n) is 4.51. The van der Waals surface area contributed by atoms with E-state index in [0.717, 1.165) is 0 Å². The average molecular weight is 324 g/mol. The monoisotopic (exact) mass is 324 g/mol. The van der Waals surface area contributed by atoms with Crippen LogP contribution in [0, 0.1) is 6.92 Å². The van der Waals surface area contributed by atoms with Gasteiger partial charge < -0.3 is 5.32 Å². The molecule has 0 aromatic heterocycles. The summed E-state index contributed by atoms with van der Waals surface area (Å²) in [6.07, 6.45) is -5.89. The van der Waals surface area contributed by atoms with E-state index in [0.29, 0.717) is 17.5 Å². The summed E-state index contributed by atoms with van der Waals surface area (Å²) in [5.74, 6) is -1.20. The van der Waals surface area contributed by atoms with Gasteiger partial charge in [0.05, 0.1) is 4.90 Å². The fourth-order valence-electron chi connectivity index (χ4n) is 1.81. The summed E-state index contributed by atoms with van der Waals surface area (Å²) in [6, 6.07) is 2.45. The Morgan fingerprint density at radius 3 is 2.33 bits per heavy atom. The number of hydrogen-bond donors (Lipinski definition) is 2. The van der Waals surface area contributed by atoms with Crippen molar-refractivity contribution in [2.24, 2.45) is 5.14 Å². The van der Waals surface area contributed by atoms with Crippen molar-refractivity contribution >= 4 is 21.6 Å². The fourth-order valence-corrected chi connectivity index (χ4v) is 2.46. The number of anilines is 1. The number of rotatable bonds is 4. The average Bonchev–Trinajstić information content (AvgIpc) is 2.27. The SMILES string of the molecule is CCc1cc(S(N)(=O)=O)cc(C)c1NC(=O)CC(F)(F)F. The van der Waals surface area contributed by atoms with E-state index >= 15 is 0 Å². The molecule has 0 aliphatic rings. The van der Waals surface area contributed by atoms with Crippen LogP contribution in [0.4, 0.5) is 18.9 Å². The molecule has 21 heavy (non-hydrogen) atoms. The van der Waals surface area contributed by atoms with Crippen LogP contribution in [0.15, 0.2) is 17.0 Å². The predicted molar refractivity (Wildman–Crippen MR) is 71.2 cm³/mol. The third-order valence-electron chi connectivity index (χ3n) is 2.73.